The zero-order valence-electron chi connectivity index (χ0n) is 15.7. The molecule has 0 spiro atoms. The van der Waals surface area contributed by atoms with Gasteiger partial charge in [-0.25, -0.2) is 0 Å². The number of nitrogens with zero attached hydrogens (tertiary/aromatic N) is 3. The van der Waals surface area contributed by atoms with E-state index in [0.29, 0.717) is 11.6 Å². The number of aromatic nitrogens is 1. The monoisotopic (exact) mass is 352 g/mol. The molecule has 3 heterocycles. The van der Waals surface area contributed by atoms with E-state index in [1.807, 2.05) is 37.3 Å². The number of benzene rings is 1. The molecule has 138 valence electrons. The Kier molecular flexibility index (Phi) is 4.92. The Labute approximate surface area is 155 Å². The molecule has 1 amide bonds. The van der Waals surface area contributed by atoms with Gasteiger partial charge in [-0.15, -0.1) is 0 Å². The molecule has 2 fully saturated rings. The van der Waals surface area contributed by atoms with Gasteiger partial charge in [0.15, 0.2) is 0 Å². The second-order valence-corrected chi connectivity index (χ2v) is 7.82. The molecule has 2 aliphatic rings. The van der Waals surface area contributed by atoms with Crippen molar-refractivity contribution >= 4 is 16.8 Å². The van der Waals surface area contributed by atoms with Crippen LogP contribution in [0.25, 0.3) is 10.9 Å². The molecule has 0 bridgehead atoms. The van der Waals surface area contributed by atoms with Gasteiger partial charge in [0.1, 0.15) is 0 Å². The molecule has 2 aliphatic heterocycles. The minimum Gasteiger partial charge on any atom is -0.348 e. The van der Waals surface area contributed by atoms with E-state index in [2.05, 4.69) is 27.1 Å². The lowest BCUT2D eigenvalue weighted by Crippen LogP contribution is -2.44. The normalized spacial score (nSPS) is 22.8. The number of piperidine rings is 1. The highest BCUT2D eigenvalue weighted by Crippen LogP contribution is 2.22. The lowest BCUT2D eigenvalue weighted by molar-refractivity contribution is 0.0933. The highest BCUT2D eigenvalue weighted by molar-refractivity contribution is 6.05. The van der Waals surface area contributed by atoms with Gasteiger partial charge in [0.05, 0.1) is 11.1 Å². The van der Waals surface area contributed by atoms with Gasteiger partial charge < -0.3 is 10.2 Å². The number of hydrogen-bond donors (Lipinski definition) is 1. The highest BCUT2D eigenvalue weighted by Gasteiger charge is 2.31. The molecular formula is C21H28N4O. The van der Waals surface area contributed by atoms with Crippen molar-refractivity contribution in [1.82, 2.24) is 20.1 Å². The molecular weight excluding hydrogens is 324 g/mol. The third kappa shape index (κ3) is 3.60. The fourth-order valence-electron chi connectivity index (χ4n) is 4.29. The van der Waals surface area contributed by atoms with Gasteiger partial charge >= 0.3 is 0 Å². The number of nitrogens with one attached hydrogen (secondary N) is 1. The van der Waals surface area contributed by atoms with Crippen LogP contribution in [0.2, 0.25) is 0 Å². The van der Waals surface area contributed by atoms with E-state index >= 15 is 0 Å². The minimum absolute atomic E-state index is 0.00364. The average Bonchev–Trinajstić information content (AvgIpc) is 3.10. The Balaban J connectivity index is 1.42. The molecule has 4 rings (SSSR count). The van der Waals surface area contributed by atoms with Gasteiger partial charge in [-0.2, -0.15) is 0 Å². The van der Waals surface area contributed by atoms with Crippen molar-refractivity contribution < 1.29 is 4.79 Å². The van der Waals surface area contributed by atoms with Crippen LogP contribution in [0.5, 0.6) is 0 Å². The maximum atomic E-state index is 12.9. The Morgan fingerprint density at radius 2 is 1.92 bits per heavy atom. The molecule has 1 atom stereocenters. The number of aryl methyl sites for hydroxylation is 1. The second-order valence-electron chi connectivity index (χ2n) is 7.82. The number of amides is 1. The van der Waals surface area contributed by atoms with Crippen LogP contribution < -0.4 is 5.32 Å². The van der Waals surface area contributed by atoms with Crippen LogP contribution >= 0.6 is 0 Å². The number of likely N-dealkylation sites (tertiary alicyclic amines) is 2. The van der Waals surface area contributed by atoms with Crippen molar-refractivity contribution in [3.05, 3.63) is 41.6 Å². The predicted molar refractivity (Wildman–Crippen MR) is 104 cm³/mol. The molecule has 1 aromatic carbocycles. The van der Waals surface area contributed by atoms with Crippen LogP contribution in [-0.4, -0.2) is 66.0 Å². The first-order chi connectivity index (χ1) is 12.6. The maximum Gasteiger partial charge on any atom is 0.253 e. The molecule has 2 aromatic rings. The molecule has 0 radical (unpaired) electrons. The molecule has 5 nitrogen and oxygen atoms in total. The zero-order chi connectivity index (χ0) is 18.1. The molecule has 0 saturated carbocycles. The first kappa shape index (κ1) is 17.4. The first-order valence-electron chi connectivity index (χ1n) is 9.70. The van der Waals surface area contributed by atoms with E-state index in [9.17, 15) is 4.79 Å². The van der Waals surface area contributed by atoms with Gasteiger partial charge in [-0.3, -0.25) is 14.7 Å². The van der Waals surface area contributed by atoms with E-state index in [0.717, 1.165) is 36.1 Å². The molecule has 0 aliphatic carbocycles. The van der Waals surface area contributed by atoms with Gasteiger partial charge in [0.2, 0.25) is 0 Å². The lowest BCUT2D eigenvalue weighted by Gasteiger charge is -2.35. The molecule has 2 saturated heterocycles. The van der Waals surface area contributed by atoms with Crippen molar-refractivity contribution in [2.75, 3.05) is 33.2 Å². The second kappa shape index (κ2) is 7.33. The number of hydrogen-bond acceptors (Lipinski definition) is 4. The summed E-state index contributed by atoms with van der Waals surface area (Å²) in [4.78, 5) is 22.4. The Morgan fingerprint density at radius 1 is 1.12 bits per heavy atom. The van der Waals surface area contributed by atoms with Crippen molar-refractivity contribution in [3.63, 3.8) is 0 Å². The first-order valence-corrected chi connectivity index (χ1v) is 9.70. The van der Waals surface area contributed by atoms with Crippen LogP contribution in [0.4, 0.5) is 0 Å². The van der Waals surface area contributed by atoms with Crippen LogP contribution in [-0.2, 0) is 0 Å². The Hall–Kier alpha value is -1.98. The fourth-order valence-corrected chi connectivity index (χ4v) is 4.29. The highest BCUT2D eigenvalue weighted by atomic mass is 16.1. The molecule has 1 unspecified atom stereocenters. The maximum absolute atomic E-state index is 12.9. The van der Waals surface area contributed by atoms with Gasteiger partial charge in [-0.1, -0.05) is 18.2 Å². The molecule has 26 heavy (non-hydrogen) atoms. The van der Waals surface area contributed by atoms with Crippen molar-refractivity contribution in [2.24, 2.45) is 0 Å². The van der Waals surface area contributed by atoms with E-state index in [1.54, 1.807) is 0 Å². The number of carbonyl (C=O) groups excluding carboxylic acids is 1. The summed E-state index contributed by atoms with van der Waals surface area (Å²) in [7, 11) is 2.20. The van der Waals surface area contributed by atoms with E-state index in [4.69, 9.17) is 0 Å². The minimum atomic E-state index is 0.00364. The van der Waals surface area contributed by atoms with Crippen molar-refractivity contribution in [2.45, 2.75) is 38.3 Å². The summed E-state index contributed by atoms with van der Waals surface area (Å²) >= 11 is 0. The summed E-state index contributed by atoms with van der Waals surface area (Å²) in [6.07, 6.45) is 3.52. The van der Waals surface area contributed by atoms with Gasteiger partial charge in [0.25, 0.3) is 5.91 Å². The van der Waals surface area contributed by atoms with Crippen molar-refractivity contribution in [1.29, 1.82) is 0 Å². The zero-order valence-corrected chi connectivity index (χ0v) is 15.7. The molecule has 1 aromatic heterocycles. The van der Waals surface area contributed by atoms with E-state index in [-0.39, 0.29) is 11.9 Å². The molecule has 5 heteroatoms. The van der Waals surface area contributed by atoms with Gasteiger partial charge in [0, 0.05) is 36.3 Å². The number of pyridine rings is 1. The summed E-state index contributed by atoms with van der Waals surface area (Å²) in [5.41, 5.74) is 2.42. The van der Waals surface area contributed by atoms with Crippen LogP contribution in [0, 0.1) is 6.92 Å². The predicted octanol–water partition coefficient (Wildman–Crippen LogP) is 2.44. The summed E-state index contributed by atoms with van der Waals surface area (Å²) in [6, 6.07) is 10.8. The van der Waals surface area contributed by atoms with E-state index < -0.39 is 0 Å². The standard InChI is InChI=1S/C21H28N4O/c1-15-6-7-16-4-3-5-19(20(16)22-15)21(26)23-17-8-13-25(14-17)18-9-11-24(2)12-10-18/h3-7,17-18H,8-14H2,1-2H3,(H,23,26). The Bertz CT molecular complexity index is 798. The van der Waals surface area contributed by atoms with Crippen LogP contribution in [0.3, 0.4) is 0 Å². The van der Waals surface area contributed by atoms with Gasteiger partial charge in [-0.05, 0) is 58.5 Å². The summed E-state index contributed by atoms with van der Waals surface area (Å²) in [6.45, 7) is 6.38. The lowest BCUT2D eigenvalue weighted by atomic mass is 10.0. The smallest absolute Gasteiger partial charge is 0.253 e. The van der Waals surface area contributed by atoms with Crippen molar-refractivity contribution in [3.8, 4) is 0 Å². The molecule has 1 N–H and O–H groups in total. The third-order valence-corrected chi connectivity index (χ3v) is 5.86. The summed E-state index contributed by atoms with van der Waals surface area (Å²) in [5.74, 6) is 0.00364. The van der Waals surface area contributed by atoms with Crippen LogP contribution in [0.15, 0.2) is 30.3 Å². The number of rotatable bonds is 3. The number of para-hydroxylation sites is 1. The number of carbonyl (C=O) groups is 1. The average molecular weight is 352 g/mol. The topological polar surface area (TPSA) is 48.5 Å². The summed E-state index contributed by atoms with van der Waals surface area (Å²) < 4.78 is 0. The SMILES string of the molecule is Cc1ccc2cccc(C(=O)NC3CCN(C4CCN(C)CC4)C3)c2n1. The fraction of sp³-hybridized carbons (Fsp3) is 0.524. The Morgan fingerprint density at radius 3 is 2.73 bits per heavy atom. The largest absolute Gasteiger partial charge is 0.348 e. The van der Waals surface area contributed by atoms with Crippen LogP contribution in [0.1, 0.15) is 35.3 Å². The number of fused-ring (bicyclic) bond motifs is 1. The quantitative estimate of drug-likeness (QED) is 0.922. The third-order valence-electron chi connectivity index (χ3n) is 5.86. The summed E-state index contributed by atoms with van der Waals surface area (Å²) in [5, 5.41) is 4.27. The van der Waals surface area contributed by atoms with E-state index in [1.165, 1.54) is 25.9 Å².